The van der Waals surface area contributed by atoms with Gasteiger partial charge in [0, 0.05) is 13.0 Å². The summed E-state index contributed by atoms with van der Waals surface area (Å²) in [7, 11) is 0. The Morgan fingerprint density at radius 2 is 1.82 bits per heavy atom. The molecule has 2 rings (SSSR count). The van der Waals surface area contributed by atoms with Crippen molar-refractivity contribution in [3.63, 3.8) is 0 Å². The smallest absolute Gasteiger partial charge is 0.260 e. The fraction of sp³-hybridized carbons (Fsp3) is 0.538. The summed E-state index contributed by atoms with van der Waals surface area (Å²) in [6, 6.07) is 6.82. The van der Waals surface area contributed by atoms with Crippen LogP contribution in [0.4, 0.5) is 8.78 Å². The Labute approximate surface area is 99.8 Å². The van der Waals surface area contributed by atoms with Crippen molar-refractivity contribution in [2.75, 3.05) is 6.54 Å². The van der Waals surface area contributed by atoms with Gasteiger partial charge < -0.3 is 10.5 Å². The molecule has 1 aromatic rings. The van der Waals surface area contributed by atoms with Gasteiger partial charge in [-0.2, -0.15) is 0 Å². The lowest BCUT2D eigenvalue weighted by Crippen LogP contribution is -2.26. The molecule has 0 amide bonds. The quantitative estimate of drug-likeness (QED) is 0.879. The van der Waals surface area contributed by atoms with Crippen molar-refractivity contribution < 1.29 is 13.5 Å². The monoisotopic (exact) mass is 241 g/mol. The standard InChI is InChI=1S/C13H17F2NO/c1-9(2)17-11-5-3-10(4-6-11)12(8-16)7-13(12,14)15/h3-6,9H,7-8,16H2,1-2H3. The van der Waals surface area contributed by atoms with Crippen LogP contribution in [0.15, 0.2) is 24.3 Å². The Bertz CT molecular complexity index is 402. The molecule has 0 spiro atoms. The first kappa shape index (κ1) is 12.3. The molecule has 1 aromatic carbocycles. The van der Waals surface area contributed by atoms with E-state index >= 15 is 0 Å². The minimum atomic E-state index is -2.66. The van der Waals surface area contributed by atoms with Crippen molar-refractivity contribution in [2.24, 2.45) is 5.73 Å². The highest BCUT2D eigenvalue weighted by molar-refractivity contribution is 5.41. The summed E-state index contributed by atoms with van der Waals surface area (Å²) < 4.78 is 32.1. The van der Waals surface area contributed by atoms with Gasteiger partial charge in [0.15, 0.2) is 0 Å². The van der Waals surface area contributed by atoms with Crippen LogP contribution in [-0.2, 0) is 5.41 Å². The Kier molecular flexibility index (Phi) is 2.86. The normalized spacial score (nSPS) is 26.0. The first-order valence-corrected chi connectivity index (χ1v) is 5.76. The van der Waals surface area contributed by atoms with Gasteiger partial charge in [0.05, 0.1) is 11.5 Å². The fourth-order valence-electron chi connectivity index (χ4n) is 2.11. The summed E-state index contributed by atoms with van der Waals surface area (Å²) in [5.41, 5.74) is 4.93. The molecule has 0 aliphatic heterocycles. The zero-order valence-corrected chi connectivity index (χ0v) is 10.0. The molecule has 1 unspecified atom stereocenters. The minimum absolute atomic E-state index is 0.0234. The van der Waals surface area contributed by atoms with Gasteiger partial charge in [0.25, 0.3) is 5.92 Å². The van der Waals surface area contributed by atoms with Crippen LogP contribution in [0.2, 0.25) is 0 Å². The molecule has 1 aliphatic carbocycles. The van der Waals surface area contributed by atoms with Crippen molar-refractivity contribution >= 4 is 0 Å². The maximum Gasteiger partial charge on any atom is 0.260 e. The van der Waals surface area contributed by atoms with Crippen molar-refractivity contribution in [3.05, 3.63) is 29.8 Å². The molecule has 1 saturated carbocycles. The second-order valence-electron chi connectivity index (χ2n) is 4.86. The highest BCUT2D eigenvalue weighted by Gasteiger charge is 2.70. The molecule has 0 saturated heterocycles. The van der Waals surface area contributed by atoms with Gasteiger partial charge in [-0.15, -0.1) is 0 Å². The summed E-state index contributed by atoms with van der Waals surface area (Å²) in [4.78, 5) is 0. The SMILES string of the molecule is CC(C)Oc1ccc(C2(CN)CC2(F)F)cc1. The van der Waals surface area contributed by atoms with Gasteiger partial charge in [0.1, 0.15) is 5.75 Å². The van der Waals surface area contributed by atoms with Crippen LogP contribution in [0, 0.1) is 0 Å². The van der Waals surface area contributed by atoms with E-state index < -0.39 is 11.3 Å². The van der Waals surface area contributed by atoms with Gasteiger partial charge in [-0.1, -0.05) is 12.1 Å². The van der Waals surface area contributed by atoms with Gasteiger partial charge in [0.2, 0.25) is 0 Å². The molecule has 0 aromatic heterocycles. The van der Waals surface area contributed by atoms with Gasteiger partial charge >= 0.3 is 0 Å². The number of hydrogen-bond acceptors (Lipinski definition) is 2. The molecule has 17 heavy (non-hydrogen) atoms. The topological polar surface area (TPSA) is 35.2 Å². The number of rotatable bonds is 4. The van der Waals surface area contributed by atoms with Gasteiger partial charge in [-0.05, 0) is 31.5 Å². The van der Waals surface area contributed by atoms with Crippen molar-refractivity contribution in [2.45, 2.75) is 37.7 Å². The molecule has 4 heteroatoms. The number of benzene rings is 1. The van der Waals surface area contributed by atoms with E-state index in [4.69, 9.17) is 10.5 Å². The van der Waals surface area contributed by atoms with Crippen molar-refractivity contribution in [3.8, 4) is 5.75 Å². The first-order valence-electron chi connectivity index (χ1n) is 5.76. The van der Waals surface area contributed by atoms with Crippen LogP contribution < -0.4 is 10.5 Å². The molecular weight excluding hydrogens is 224 g/mol. The lowest BCUT2D eigenvalue weighted by Gasteiger charge is -2.15. The third kappa shape index (κ3) is 2.02. The number of hydrogen-bond donors (Lipinski definition) is 1. The van der Waals surface area contributed by atoms with Crippen LogP contribution >= 0.6 is 0 Å². The number of halogens is 2. The Hall–Kier alpha value is -1.16. The van der Waals surface area contributed by atoms with E-state index in [0.29, 0.717) is 11.3 Å². The number of ether oxygens (including phenoxy) is 1. The lowest BCUT2D eigenvalue weighted by molar-refractivity contribution is 0.0896. The number of alkyl halides is 2. The second-order valence-corrected chi connectivity index (χ2v) is 4.86. The highest BCUT2D eigenvalue weighted by Crippen LogP contribution is 2.60. The first-order chi connectivity index (χ1) is 7.91. The summed E-state index contributed by atoms with van der Waals surface area (Å²) in [5.74, 6) is -1.97. The van der Waals surface area contributed by atoms with Gasteiger partial charge in [-0.3, -0.25) is 0 Å². The Balaban J connectivity index is 2.19. The summed E-state index contributed by atoms with van der Waals surface area (Å²) in [6.07, 6.45) is -0.0763. The third-order valence-electron chi connectivity index (χ3n) is 3.23. The molecule has 0 radical (unpaired) electrons. The molecule has 2 nitrogen and oxygen atoms in total. The van der Waals surface area contributed by atoms with Crippen LogP contribution in [0.25, 0.3) is 0 Å². The third-order valence-corrected chi connectivity index (χ3v) is 3.23. The molecule has 94 valence electrons. The molecule has 1 atom stereocenters. The molecule has 0 heterocycles. The van der Waals surface area contributed by atoms with E-state index in [1.807, 2.05) is 13.8 Å². The van der Waals surface area contributed by atoms with E-state index in [9.17, 15) is 8.78 Å². The molecule has 1 fully saturated rings. The lowest BCUT2D eigenvalue weighted by atomic mass is 9.95. The minimum Gasteiger partial charge on any atom is -0.491 e. The van der Waals surface area contributed by atoms with Crippen LogP contribution in [0.5, 0.6) is 5.75 Å². The summed E-state index contributed by atoms with van der Waals surface area (Å²) in [5, 5.41) is 0. The van der Waals surface area contributed by atoms with E-state index in [2.05, 4.69) is 0 Å². The van der Waals surface area contributed by atoms with Crippen molar-refractivity contribution in [1.29, 1.82) is 0 Å². The molecule has 0 bridgehead atoms. The fourth-order valence-corrected chi connectivity index (χ4v) is 2.11. The predicted octanol–water partition coefficient (Wildman–Crippen LogP) is 2.71. The maximum atomic E-state index is 13.3. The van der Waals surface area contributed by atoms with Gasteiger partial charge in [-0.25, -0.2) is 8.78 Å². The van der Waals surface area contributed by atoms with Crippen molar-refractivity contribution in [1.82, 2.24) is 0 Å². The highest BCUT2D eigenvalue weighted by atomic mass is 19.3. The summed E-state index contributed by atoms with van der Waals surface area (Å²) >= 11 is 0. The second kappa shape index (κ2) is 3.95. The zero-order chi connectivity index (χ0) is 12.7. The summed E-state index contributed by atoms with van der Waals surface area (Å²) in [6.45, 7) is 3.82. The van der Waals surface area contributed by atoms with E-state index in [-0.39, 0.29) is 19.1 Å². The van der Waals surface area contributed by atoms with E-state index in [0.717, 1.165) is 0 Å². The van der Waals surface area contributed by atoms with E-state index in [1.54, 1.807) is 24.3 Å². The Morgan fingerprint density at radius 1 is 1.29 bits per heavy atom. The average molecular weight is 241 g/mol. The molecular formula is C13H17F2NO. The zero-order valence-electron chi connectivity index (χ0n) is 10.0. The predicted molar refractivity (Wildman–Crippen MR) is 62.5 cm³/mol. The van der Waals surface area contributed by atoms with E-state index in [1.165, 1.54) is 0 Å². The van der Waals surface area contributed by atoms with Crippen LogP contribution in [0.1, 0.15) is 25.8 Å². The van der Waals surface area contributed by atoms with Crippen LogP contribution in [-0.4, -0.2) is 18.6 Å². The Morgan fingerprint density at radius 3 is 2.18 bits per heavy atom. The number of nitrogens with two attached hydrogens (primary N) is 1. The largest absolute Gasteiger partial charge is 0.491 e. The average Bonchev–Trinajstić information content (AvgIpc) is 2.82. The maximum absolute atomic E-state index is 13.3. The molecule has 1 aliphatic rings. The van der Waals surface area contributed by atoms with Crippen LogP contribution in [0.3, 0.4) is 0 Å². The molecule has 2 N–H and O–H groups in total.